The van der Waals surface area contributed by atoms with Gasteiger partial charge in [0.05, 0.1) is 11.9 Å². The number of likely N-dealkylation sites (N-methyl/N-ethyl adjacent to an activating group) is 1. The van der Waals surface area contributed by atoms with E-state index in [1.165, 1.54) is 0 Å². The molecule has 1 aromatic heterocycles. The Bertz CT molecular complexity index is 940. The van der Waals surface area contributed by atoms with Gasteiger partial charge in [0.25, 0.3) is 5.91 Å². The van der Waals surface area contributed by atoms with Crippen LogP contribution in [0.3, 0.4) is 0 Å². The highest BCUT2D eigenvalue weighted by Crippen LogP contribution is 2.22. The van der Waals surface area contributed by atoms with Crippen LogP contribution in [-0.2, 0) is 10.2 Å². The fourth-order valence-corrected chi connectivity index (χ4v) is 3.78. The third-order valence-corrected chi connectivity index (χ3v) is 6.09. The number of carbonyl (C=O) groups excluding carboxylic acids is 2. The maximum absolute atomic E-state index is 13.0. The average molecular weight is 452 g/mol. The second-order valence-corrected chi connectivity index (χ2v) is 10.2. The van der Waals surface area contributed by atoms with Gasteiger partial charge in [-0.3, -0.25) is 9.59 Å². The Kier molecular flexibility index (Phi) is 7.74. The van der Waals surface area contributed by atoms with Crippen LogP contribution < -0.4 is 15.5 Å². The van der Waals surface area contributed by atoms with Crippen molar-refractivity contribution in [2.75, 3.05) is 43.4 Å². The maximum atomic E-state index is 13.0. The van der Waals surface area contributed by atoms with Crippen LogP contribution in [0.2, 0.25) is 0 Å². The summed E-state index contributed by atoms with van der Waals surface area (Å²) >= 11 is 0. The van der Waals surface area contributed by atoms with E-state index in [0.29, 0.717) is 11.3 Å². The normalized spacial score (nSPS) is 15.9. The van der Waals surface area contributed by atoms with Gasteiger partial charge in [0.2, 0.25) is 5.91 Å². The first kappa shape index (κ1) is 24.7. The van der Waals surface area contributed by atoms with Crippen molar-refractivity contribution in [3.63, 3.8) is 0 Å². The minimum absolute atomic E-state index is 0.0172. The lowest BCUT2D eigenvalue weighted by molar-refractivity contribution is -0.118. The predicted molar refractivity (Wildman–Crippen MR) is 134 cm³/mol. The third-order valence-electron chi connectivity index (χ3n) is 6.09. The number of anilines is 2. The van der Waals surface area contributed by atoms with E-state index in [-0.39, 0.29) is 23.1 Å². The van der Waals surface area contributed by atoms with Gasteiger partial charge in [0, 0.05) is 31.7 Å². The third kappa shape index (κ3) is 6.54. The standard InChI is InChI=1S/C26H37N5O2/c1-18(2)23(29-24(32)19-7-9-20(10-8-19)26(3,4)5)25(33)28-21-11-12-22(27-17-21)31-15-13-30(6)14-16-31/h7-12,17-18,23H,13-16H2,1-6H3,(H,28,33)(H,29,32). The molecule has 2 heterocycles. The molecule has 2 amide bonds. The van der Waals surface area contributed by atoms with Crippen molar-refractivity contribution in [2.45, 2.75) is 46.1 Å². The van der Waals surface area contributed by atoms with E-state index in [9.17, 15) is 9.59 Å². The number of hydrogen-bond donors (Lipinski definition) is 2. The van der Waals surface area contributed by atoms with E-state index >= 15 is 0 Å². The van der Waals surface area contributed by atoms with E-state index in [0.717, 1.165) is 37.6 Å². The summed E-state index contributed by atoms with van der Waals surface area (Å²) in [6.07, 6.45) is 1.68. The van der Waals surface area contributed by atoms with Gasteiger partial charge in [0.1, 0.15) is 11.9 Å². The van der Waals surface area contributed by atoms with Gasteiger partial charge in [-0.1, -0.05) is 46.8 Å². The van der Waals surface area contributed by atoms with Crippen molar-refractivity contribution >= 4 is 23.3 Å². The van der Waals surface area contributed by atoms with Gasteiger partial charge in [-0.2, -0.15) is 0 Å². The minimum Gasteiger partial charge on any atom is -0.354 e. The van der Waals surface area contributed by atoms with E-state index in [1.54, 1.807) is 6.20 Å². The van der Waals surface area contributed by atoms with Crippen LogP contribution in [0.5, 0.6) is 0 Å². The number of pyridine rings is 1. The van der Waals surface area contributed by atoms with E-state index in [4.69, 9.17) is 0 Å². The van der Waals surface area contributed by atoms with Gasteiger partial charge in [-0.25, -0.2) is 4.98 Å². The lowest BCUT2D eigenvalue weighted by Crippen LogP contribution is -2.47. The van der Waals surface area contributed by atoms with E-state index in [2.05, 4.69) is 53.2 Å². The largest absolute Gasteiger partial charge is 0.354 e. The molecule has 1 aliphatic heterocycles. The van der Waals surface area contributed by atoms with Crippen molar-refractivity contribution in [1.29, 1.82) is 0 Å². The molecule has 1 aromatic carbocycles. The average Bonchev–Trinajstić information content (AvgIpc) is 2.77. The number of nitrogens with zero attached hydrogens (tertiary/aromatic N) is 3. The lowest BCUT2D eigenvalue weighted by Gasteiger charge is -2.33. The van der Waals surface area contributed by atoms with Gasteiger partial charge >= 0.3 is 0 Å². The molecule has 1 fully saturated rings. The van der Waals surface area contributed by atoms with Crippen LogP contribution in [0.25, 0.3) is 0 Å². The molecule has 178 valence electrons. The summed E-state index contributed by atoms with van der Waals surface area (Å²) in [5, 5.41) is 5.80. The Morgan fingerprint density at radius 3 is 2.12 bits per heavy atom. The van der Waals surface area contributed by atoms with Crippen molar-refractivity contribution in [1.82, 2.24) is 15.2 Å². The number of rotatable bonds is 6. The zero-order chi connectivity index (χ0) is 24.2. The van der Waals surface area contributed by atoms with Gasteiger partial charge in [0.15, 0.2) is 0 Å². The summed E-state index contributed by atoms with van der Waals surface area (Å²) in [6, 6.07) is 10.7. The zero-order valence-electron chi connectivity index (χ0n) is 20.7. The topological polar surface area (TPSA) is 77.6 Å². The van der Waals surface area contributed by atoms with Crippen LogP contribution in [0, 0.1) is 5.92 Å². The molecular formula is C26H37N5O2. The van der Waals surface area contributed by atoms with Gasteiger partial charge in [-0.15, -0.1) is 0 Å². The van der Waals surface area contributed by atoms with Crippen LogP contribution >= 0.6 is 0 Å². The van der Waals surface area contributed by atoms with E-state index in [1.807, 2.05) is 50.2 Å². The first-order valence-electron chi connectivity index (χ1n) is 11.7. The molecule has 7 nitrogen and oxygen atoms in total. The number of piperazine rings is 1. The molecule has 1 unspecified atom stereocenters. The zero-order valence-corrected chi connectivity index (χ0v) is 20.7. The highest BCUT2D eigenvalue weighted by Gasteiger charge is 2.25. The predicted octanol–water partition coefficient (Wildman–Crippen LogP) is 3.52. The molecule has 2 N–H and O–H groups in total. The Morgan fingerprint density at radius 1 is 0.970 bits per heavy atom. The number of benzene rings is 1. The first-order valence-corrected chi connectivity index (χ1v) is 11.7. The minimum atomic E-state index is -0.655. The lowest BCUT2D eigenvalue weighted by atomic mass is 9.86. The molecule has 7 heteroatoms. The summed E-state index contributed by atoms with van der Waals surface area (Å²) < 4.78 is 0. The summed E-state index contributed by atoms with van der Waals surface area (Å²) in [7, 11) is 2.12. The molecule has 1 atom stereocenters. The van der Waals surface area contributed by atoms with Gasteiger partial charge < -0.3 is 20.4 Å². The highest BCUT2D eigenvalue weighted by molar-refractivity contribution is 6.01. The summed E-state index contributed by atoms with van der Waals surface area (Å²) in [4.78, 5) is 34.8. The monoisotopic (exact) mass is 451 g/mol. The van der Waals surface area contributed by atoms with Crippen LogP contribution in [-0.4, -0.2) is 61.0 Å². The summed E-state index contributed by atoms with van der Waals surface area (Å²) in [6.45, 7) is 14.1. The molecule has 0 radical (unpaired) electrons. The number of aromatic nitrogens is 1. The molecule has 1 saturated heterocycles. The first-order chi connectivity index (χ1) is 15.5. The quantitative estimate of drug-likeness (QED) is 0.703. The molecule has 2 aromatic rings. The maximum Gasteiger partial charge on any atom is 0.251 e. The fourth-order valence-electron chi connectivity index (χ4n) is 3.78. The number of nitrogens with one attached hydrogen (secondary N) is 2. The van der Waals surface area contributed by atoms with Crippen LogP contribution in [0.1, 0.15) is 50.5 Å². The van der Waals surface area contributed by atoms with Crippen LogP contribution in [0.15, 0.2) is 42.6 Å². The molecule has 0 saturated carbocycles. The van der Waals surface area contributed by atoms with Crippen molar-refractivity contribution in [2.24, 2.45) is 5.92 Å². The Balaban J connectivity index is 1.62. The van der Waals surface area contributed by atoms with Crippen molar-refractivity contribution in [3.05, 3.63) is 53.7 Å². The smallest absolute Gasteiger partial charge is 0.251 e. The molecular weight excluding hydrogens is 414 g/mol. The second kappa shape index (κ2) is 10.3. The highest BCUT2D eigenvalue weighted by atomic mass is 16.2. The van der Waals surface area contributed by atoms with Crippen molar-refractivity contribution in [3.8, 4) is 0 Å². The molecule has 3 rings (SSSR count). The van der Waals surface area contributed by atoms with E-state index < -0.39 is 6.04 Å². The number of amides is 2. The SMILES string of the molecule is CC(C)C(NC(=O)c1ccc(C(C)(C)C)cc1)C(=O)Nc1ccc(N2CCN(C)CC2)nc1. The number of hydrogen-bond acceptors (Lipinski definition) is 5. The molecule has 0 aliphatic carbocycles. The van der Waals surface area contributed by atoms with Crippen molar-refractivity contribution < 1.29 is 9.59 Å². The number of carbonyl (C=O) groups is 2. The molecule has 1 aliphatic rings. The fraction of sp³-hybridized carbons (Fsp3) is 0.500. The summed E-state index contributed by atoms with van der Waals surface area (Å²) in [5.74, 6) is 0.334. The Hall–Kier alpha value is -2.93. The second-order valence-electron chi connectivity index (χ2n) is 10.2. The summed E-state index contributed by atoms with van der Waals surface area (Å²) in [5.41, 5.74) is 2.33. The molecule has 0 bridgehead atoms. The van der Waals surface area contributed by atoms with Crippen LogP contribution in [0.4, 0.5) is 11.5 Å². The molecule has 0 spiro atoms. The Labute approximate surface area is 197 Å². The van der Waals surface area contributed by atoms with Gasteiger partial charge in [-0.05, 0) is 48.2 Å². The Morgan fingerprint density at radius 2 is 1.61 bits per heavy atom. The molecule has 33 heavy (non-hydrogen) atoms.